The van der Waals surface area contributed by atoms with Crippen molar-refractivity contribution in [3.63, 3.8) is 0 Å². The van der Waals surface area contributed by atoms with E-state index in [0.29, 0.717) is 25.1 Å². The highest BCUT2D eigenvalue weighted by Gasteiger charge is 2.09. The molecule has 1 amide bonds. The molecule has 0 spiro atoms. The lowest BCUT2D eigenvalue weighted by Gasteiger charge is -2.16. The molecule has 0 atom stereocenters. The van der Waals surface area contributed by atoms with Crippen LogP contribution in [0.3, 0.4) is 0 Å². The van der Waals surface area contributed by atoms with Crippen molar-refractivity contribution in [3.8, 4) is 0 Å². The molecule has 0 fully saturated rings. The highest BCUT2D eigenvalue weighted by Crippen LogP contribution is 2.18. The average molecular weight is 271 g/mol. The second-order valence-corrected chi connectivity index (χ2v) is 4.14. The van der Waals surface area contributed by atoms with Crippen molar-refractivity contribution in [2.24, 2.45) is 0 Å². The lowest BCUT2D eigenvalue weighted by Crippen LogP contribution is -2.24. The van der Waals surface area contributed by atoms with Gasteiger partial charge in [-0.1, -0.05) is 6.07 Å². The molecule has 6 heteroatoms. The van der Waals surface area contributed by atoms with Gasteiger partial charge in [0.25, 0.3) is 5.69 Å². The molecule has 0 aliphatic carbocycles. The first-order chi connectivity index (χ1) is 9.70. The summed E-state index contributed by atoms with van der Waals surface area (Å²) in [5.74, 6) is 0. The van der Waals surface area contributed by atoms with Crippen molar-refractivity contribution < 1.29 is 9.72 Å². The van der Waals surface area contributed by atoms with Gasteiger partial charge in [0.15, 0.2) is 0 Å². The van der Waals surface area contributed by atoms with Crippen LogP contribution in [0.4, 0.5) is 11.4 Å². The summed E-state index contributed by atoms with van der Waals surface area (Å²) in [6.07, 6.45) is 3.03. The summed E-state index contributed by atoms with van der Waals surface area (Å²) in [5.41, 5.74) is 1.52. The molecule has 0 aliphatic heterocycles. The van der Waals surface area contributed by atoms with Gasteiger partial charge in [0, 0.05) is 42.7 Å². The molecule has 0 saturated carbocycles. The van der Waals surface area contributed by atoms with Crippen molar-refractivity contribution in [1.82, 2.24) is 4.98 Å². The number of nitro groups is 1. The van der Waals surface area contributed by atoms with Gasteiger partial charge in [0.2, 0.25) is 6.41 Å². The third-order valence-electron chi connectivity index (χ3n) is 2.85. The molecular formula is C14H13N3O3. The fraction of sp³-hybridized carbons (Fsp3) is 0.143. The Labute approximate surface area is 115 Å². The molecule has 1 aromatic heterocycles. The van der Waals surface area contributed by atoms with Gasteiger partial charge in [-0.2, -0.15) is 0 Å². The Hall–Kier alpha value is -2.76. The lowest BCUT2D eigenvalue weighted by molar-refractivity contribution is -0.384. The van der Waals surface area contributed by atoms with Crippen molar-refractivity contribution >= 4 is 17.8 Å². The van der Waals surface area contributed by atoms with Gasteiger partial charge < -0.3 is 4.90 Å². The number of hydrogen-bond donors (Lipinski definition) is 0. The van der Waals surface area contributed by atoms with E-state index in [1.54, 1.807) is 18.3 Å². The van der Waals surface area contributed by atoms with Gasteiger partial charge >= 0.3 is 0 Å². The molecule has 0 N–H and O–H groups in total. The highest BCUT2D eigenvalue weighted by atomic mass is 16.6. The van der Waals surface area contributed by atoms with Crippen molar-refractivity contribution in [1.29, 1.82) is 0 Å². The monoisotopic (exact) mass is 271 g/mol. The van der Waals surface area contributed by atoms with Gasteiger partial charge in [-0.25, -0.2) is 0 Å². The van der Waals surface area contributed by atoms with E-state index in [9.17, 15) is 14.9 Å². The third-order valence-corrected chi connectivity index (χ3v) is 2.85. The largest absolute Gasteiger partial charge is 0.315 e. The molecule has 0 unspecified atom stereocenters. The number of benzene rings is 1. The zero-order chi connectivity index (χ0) is 14.4. The zero-order valence-electron chi connectivity index (χ0n) is 10.7. The van der Waals surface area contributed by atoms with E-state index in [-0.39, 0.29) is 5.69 Å². The fourth-order valence-electron chi connectivity index (χ4n) is 1.79. The van der Waals surface area contributed by atoms with Crippen LogP contribution in [-0.4, -0.2) is 22.9 Å². The van der Waals surface area contributed by atoms with Crippen LogP contribution >= 0.6 is 0 Å². The zero-order valence-corrected chi connectivity index (χ0v) is 10.7. The summed E-state index contributed by atoms with van der Waals surface area (Å²) in [7, 11) is 0. The topological polar surface area (TPSA) is 76.3 Å². The van der Waals surface area contributed by atoms with E-state index in [0.717, 1.165) is 5.69 Å². The first-order valence-corrected chi connectivity index (χ1v) is 6.07. The number of amides is 1. The average Bonchev–Trinajstić information content (AvgIpc) is 2.49. The molecule has 0 bridgehead atoms. The summed E-state index contributed by atoms with van der Waals surface area (Å²) < 4.78 is 0. The van der Waals surface area contributed by atoms with Crippen molar-refractivity contribution in [2.45, 2.75) is 6.42 Å². The van der Waals surface area contributed by atoms with Crippen LogP contribution in [0.1, 0.15) is 5.69 Å². The normalized spacial score (nSPS) is 10.0. The number of non-ortho nitro benzene ring substituents is 1. The van der Waals surface area contributed by atoms with Crippen LogP contribution < -0.4 is 4.90 Å². The second-order valence-electron chi connectivity index (χ2n) is 4.14. The minimum Gasteiger partial charge on any atom is -0.315 e. The van der Waals surface area contributed by atoms with Crippen LogP contribution in [-0.2, 0) is 11.2 Å². The Morgan fingerprint density at radius 1 is 1.20 bits per heavy atom. The molecule has 0 saturated heterocycles. The Balaban J connectivity index is 2.04. The summed E-state index contributed by atoms with van der Waals surface area (Å²) in [5, 5.41) is 10.6. The first kappa shape index (κ1) is 13.7. The van der Waals surface area contributed by atoms with E-state index in [2.05, 4.69) is 4.98 Å². The number of carbonyl (C=O) groups excluding carboxylic acids is 1. The van der Waals surface area contributed by atoms with E-state index >= 15 is 0 Å². The van der Waals surface area contributed by atoms with Gasteiger partial charge in [-0.15, -0.1) is 0 Å². The van der Waals surface area contributed by atoms with Crippen molar-refractivity contribution in [3.05, 3.63) is 64.5 Å². The molecule has 1 aromatic carbocycles. The molecule has 1 heterocycles. The summed E-state index contributed by atoms with van der Waals surface area (Å²) in [6, 6.07) is 11.5. The number of anilines is 1. The molecule has 102 valence electrons. The Morgan fingerprint density at radius 2 is 1.95 bits per heavy atom. The van der Waals surface area contributed by atoms with Crippen LogP contribution in [0, 0.1) is 10.1 Å². The van der Waals surface area contributed by atoms with E-state index < -0.39 is 4.92 Å². The van der Waals surface area contributed by atoms with Gasteiger partial charge in [-0.05, 0) is 24.3 Å². The molecule has 2 aromatic rings. The van der Waals surface area contributed by atoms with E-state index in [1.165, 1.54) is 17.0 Å². The number of rotatable bonds is 6. The number of carbonyl (C=O) groups is 1. The molecule has 0 radical (unpaired) electrons. The standard InChI is InChI=1S/C14H13N3O3/c18-11-16(10-8-12-3-1-2-9-15-12)13-4-6-14(7-5-13)17(19)20/h1-7,9,11H,8,10H2. The number of nitrogens with zero attached hydrogens (tertiary/aromatic N) is 3. The van der Waals surface area contributed by atoms with Gasteiger partial charge in [0.05, 0.1) is 4.92 Å². The Bertz CT molecular complexity index is 584. The highest BCUT2D eigenvalue weighted by molar-refractivity contribution is 5.75. The van der Waals surface area contributed by atoms with E-state index in [4.69, 9.17) is 0 Å². The maximum atomic E-state index is 11.1. The summed E-state index contributed by atoms with van der Waals surface area (Å²) >= 11 is 0. The number of pyridine rings is 1. The van der Waals surface area contributed by atoms with Gasteiger partial charge in [-0.3, -0.25) is 19.9 Å². The maximum Gasteiger partial charge on any atom is 0.269 e. The number of aromatic nitrogens is 1. The van der Waals surface area contributed by atoms with Crippen LogP contribution in [0.2, 0.25) is 0 Å². The van der Waals surface area contributed by atoms with Crippen molar-refractivity contribution in [2.75, 3.05) is 11.4 Å². The molecule has 2 rings (SSSR count). The minimum atomic E-state index is -0.469. The second kappa shape index (κ2) is 6.42. The molecule has 20 heavy (non-hydrogen) atoms. The summed E-state index contributed by atoms with van der Waals surface area (Å²) in [6.45, 7) is 0.471. The molecule has 6 nitrogen and oxygen atoms in total. The smallest absolute Gasteiger partial charge is 0.269 e. The third kappa shape index (κ3) is 3.38. The predicted octanol–water partition coefficient (Wildman–Crippen LogP) is 2.20. The SMILES string of the molecule is O=CN(CCc1ccccn1)c1ccc([N+](=O)[O-])cc1. The molecular weight excluding hydrogens is 258 g/mol. The fourth-order valence-corrected chi connectivity index (χ4v) is 1.79. The predicted molar refractivity (Wildman–Crippen MR) is 74.4 cm³/mol. The number of nitro benzene ring substituents is 1. The minimum absolute atomic E-state index is 0.00400. The maximum absolute atomic E-state index is 11.1. The first-order valence-electron chi connectivity index (χ1n) is 6.07. The van der Waals surface area contributed by atoms with Gasteiger partial charge in [0.1, 0.15) is 0 Å². The molecule has 0 aliphatic rings. The van der Waals surface area contributed by atoms with Crippen LogP contribution in [0.15, 0.2) is 48.7 Å². The van der Waals surface area contributed by atoms with Crippen LogP contribution in [0.25, 0.3) is 0 Å². The summed E-state index contributed by atoms with van der Waals surface area (Å²) in [4.78, 5) is 26.9. The number of hydrogen-bond acceptors (Lipinski definition) is 4. The van der Waals surface area contributed by atoms with E-state index in [1.807, 2.05) is 18.2 Å². The van der Waals surface area contributed by atoms with Crippen LogP contribution in [0.5, 0.6) is 0 Å². The quantitative estimate of drug-likeness (QED) is 0.458. The Morgan fingerprint density at radius 3 is 2.50 bits per heavy atom. The Kier molecular flexibility index (Phi) is 4.39. The lowest BCUT2D eigenvalue weighted by atomic mass is 10.2.